The van der Waals surface area contributed by atoms with Crippen molar-refractivity contribution in [3.8, 4) is 6.01 Å². The zero-order valence-electron chi connectivity index (χ0n) is 13.0. The molecule has 1 saturated heterocycles. The van der Waals surface area contributed by atoms with E-state index in [4.69, 9.17) is 32.7 Å². The van der Waals surface area contributed by atoms with Crippen LogP contribution >= 0.6 is 23.2 Å². The van der Waals surface area contributed by atoms with Crippen molar-refractivity contribution in [2.45, 2.75) is 26.7 Å². The van der Waals surface area contributed by atoms with Crippen LogP contribution < -0.4 is 4.74 Å². The highest BCUT2D eigenvalue weighted by molar-refractivity contribution is 6.31. The number of halogens is 2. The fourth-order valence-electron chi connectivity index (χ4n) is 2.35. The molecule has 0 spiro atoms. The van der Waals surface area contributed by atoms with Crippen LogP contribution in [0.15, 0.2) is 0 Å². The molecule has 0 atom stereocenters. The first-order valence-electron chi connectivity index (χ1n) is 7.65. The van der Waals surface area contributed by atoms with Crippen molar-refractivity contribution in [1.29, 1.82) is 0 Å². The first-order valence-corrected chi connectivity index (χ1v) is 8.41. The summed E-state index contributed by atoms with van der Waals surface area (Å²) in [6.07, 6.45) is 2.33. The molecule has 0 unspecified atom stereocenters. The van der Waals surface area contributed by atoms with Crippen molar-refractivity contribution in [2.75, 3.05) is 39.5 Å². The van der Waals surface area contributed by atoms with Crippen molar-refractivity contribution in [2.24, 2.45) is 5.41 Å². The van der Waals surface area contributed by atoms with Gasteiger partial charge < -0.3 is 9.47 Å². The van der Waals surface area contributed by atoms with Crippen molar-refractivity contribution >= 4 is 23.2 Å². The molecule has 2 aliphatic rings. The molecule has 1 aromatic heterocycles. The van der Waals surface area contributed by atoms with Crippen molar-refractivity contribution in [1.82, 2.24) is 19.9 Å². The molecule has 0 N–H and O–H groups in total. The number of rotatable bonds is 5. The second-order valence-corrected chi connectivity index (χ2v) is 6.01. The first-order chi connectivity index (χ1) is 10.7. The summed E-state index contributed by atoms with van der Waals surface area (Å²) in [5, 5.41) is 0.107. The lowest BCUT2D eigenvalue weighted by molar-refractivity contribution is 0.0231. The second-order valence-electron chi connectivity index (χ2n) is 5.33. The van der Waals surface area contributed by atoms with Crippen LogP contribution in [-0.4, -0.2) is 59.3 Å². The van der Waals surface area contributed by atoms with Gasteiger partial charge in [0, 0.05) is 25.0 Å². The molecule has 3 rings (SSSR count). The normalized spacial score (nSPS) is 20.0. The van der Waals surface area contributed by atoms with E-state index in [2.05, 4.69) is 19.9 Å². The topological polar surface area (TPSA) is 60.4 Å². The van der Waals surface area contributed by atoms with E-state index in [1.807, 2.05) is 13.8 Å². The molecule has 1 aromatic rings. The van der Waals surface area contributed by atoms with Gasteiger partial charge in [0.1, 0.15) is 0 Å². The van der Waals surface area contributed by atoms with Gasteiger partial charge in [-0.3, -0.25) is 4.90 Å². The Balaban J connectivity index is 0.000000847. The molecular formula is C14H22Cl2N4O2. The number of ether oxygens (including phenoxy) is 2. The van der Waals surface area contributed by atoms with Crippen LogP contribution in [0.2, 0.25) is 10.6 Å². The van der Waals surface area contributed by atoms with Crippen molar-refractivity contribution in [3.05, 3.63) is 10.6 Å². The fraction of sp³-hybridized carbons (Fsp3) is 0.786. The zero-order chi connectivity index (χ0) is 16.0. The molecule has 0 bridgehead atoms. The predicted molar refractivity (Wildman–Crippen MR) is 85.6 cm³/mol. The fourth-order valence-corrected chi connectivity index (χ4v) is 2.70. The minimum atomic E-state index is 0.0537. The number of hydrogen-bond donors (Lipinski definition) is 0. The number of hydrogen-bond acceptors (Lipinski definition) is 6. The zero-order valence-corrected chi connectivity index (χ0v) is 14.5. The second kappa shape index (κ2) is 8.24. The van der Waals surface area contributed by atoms with E-state index < -0.39 is 0 Å². The maximum Gasteiger partial charge on any atom is 0.322 e. The molecular weight excluding hydrogens is 327 g/mol. The van der Waals surface area contributed by atoms with Gasteiger partial charge in [-0.05, 0) is 36.0 Å². The predicted octanol–water partition coefficient (Wildman–Crippen LogP) is 2.70. The van der Waals surface area contributed by atoms with Crippen LogP contribution in [0.3, 0.4) is 0 Å². The highest BCUT2D eigenvalue weighted by Gasteiger charge is 2.45. The van der Waals surface area contributed by atoms with E-state index in [9.17, 15) is 0 Å². The Labute approximate surface area is 141 Å². The summed E-state index contributed by atoms with van der Waals surface area (Å²) in [5.74, 6) is 0. The van der Waals surface area contributed by atoms with Gasteiger partial charge in [0.15, 0.2) is 0 Å². The molecule has 2 fully saturated rings. The van der Waals surface area contributed by atoms with Crippen molar-refractivity contribution < 1.29 is 9.47 Å². The third-order valence-electron chi connectivity index (χ3n) is 3.69. The lowest BCUT2D eigenvalue weighted by atomic mass is 10.1. The van der Waals surface area contributed by atoms with Gasteiger partial charge in [0.25, 0.3) is 0 Å². The first kappa shape index (κ1) is 17.7. The van der Waals surface area contributed by atoms with E-state index >= 15 is 0 Å². The van der Waals surface area contributed by atoms with Gasteiger partial charge in [-0.15, -0.1) is 0 Å². The minimum Gasteiger partial charge on any atom is -0.463 e. The summed E-state index contributed by atoms with van der Waals surface area (Å²) in [5.41, 5.74) is 0.211. The molecule has 124 valence electrons. The highest BCUT2D eigenvalue weighted by Crippen LogP contribution is 2.46. The van der Waals surface area contributed by atoms with Crippen LogP contribution in [0.1, 0.15) is 26.7 Å². The molecule has 8 heteroatoms. The van der Waals surface area contributed by atoms with E-state index in [1.54, 1.807) is 0 Å². The van der Waals surface area contributed by atoms with Gasteiger partial charge in [-0.1, -0.05) is 13.8 Å². The smallest absolute Gasteiger partial charge is 0.322 e. The third-order valence-corrected chi connectivity index (χ3v) is 4.03. The standard InChI is InChI=1S/C12H16Cl2N4O2.C2H6/c13-9-15-10(14)17-11(16-9)20-8-12(1-2-12)7-18-3-5-19-6-4-18;1-2/h1-8H2;1-2H3. The summed E-state index contributed by atoms with van der Waals surface area (Å²) < 4.78 is 11.0. The molecule has 0 radical (unpaired) electrons. The average molecular weight is 349 g/mol. The third kappa shape index (κ3) is 5.19. The summed E-state index contributed by atoms with van der Waals surface area (Å²) in [6.45, 7) is 9.23. The summed E-state index contributed by atoms with van der Waals surface area (Å²) >= 11 is 11.4. The molecule has 0 amide bonds. The Morgan fingerprint density at radius 1 is 1.09 bits per heavy atom. The Bertz CT molecular complexity index is 460. The summed E-state index contributed by atoms with van der Waals surface area (Å²) in [7, 11) is 0. The lowest BCUT2D eigenvalue weighted by Crippen LogP contribution is -2.41. The maximum absolute atomic E-state index is 5.72. The Kier molecular flexibility index (Phi) is 6.62. The van der Waals surface area contributed by atoms with E-state index in [1.165, 1.54) is 0 Å². The van der Waals surface area contributed by atoms with Crippen LogP contribution in [0.25, 0.3) is 0 Å². The minimum absolute atomic E-state index is 0.0537. The van der Waals surface area contributed by atoms with Crippen LogP contribution in [0.4, 0.5) is 0 Å². The molecule has 22 heavy (non-hydrogen) atoms. The number of morpholine rings is 1. The monoisotopic (exact) mass is 348 g/mol. The van der Waals surface area contributed by atoms with Gasteiger partial charge in [-0.25, -0.2) is 0 Å². The van der Waals surface area contributed by atoms with E-state index in [0.29, 0.717) is 6.61 Å². The van der Waals surface area contributed by atoms with Crippen molar-refractivity contribution in [3.63, 3.8) is 0 Å². The van der Waals surface area contributed by atoms with E-state index in [0.717, 1.165) is 45.7 Å². The Morgan fingerprint density at radius 3 is 2.23 bits per heavy atom. The molecule has 1 aliphatic heterocycles. The van der Waals surface area contributed by atoms with Gasteiger partial charge >= 0.3 is 6.01 Å². The average Bonchev–Trinajstić information content (AvgIpc) is 3.27. The quantitative estimate of drug-likeness (QED) is 0.815. The van der Waals surface area contributed by atoms with Crippen LogP contribution in [-0.2, 0) is 4.74 Å². The summed E-state index contributed by atoms with van der Waals surface area (Å²) in [6, 6.07) is 0.197. The SMILES string of the molecule is CC.Clc1nc(Cl)nc(OCC2(CN3CCOCC3)CC2)n1. The molecule has 2 heterocycles. The van der Waals surface area contributed by atoms with E-state index in [-0.39, 0.29) is 22.0 Å². The van der Waals surface area contributed by atoms with Crippen LogP contribution in [0.5, 0.6) is 6.01 Å². The van der Waals surface area contributed by atoms with Gasteiger partial charge in [0.05, 0.1) is 19.8 Å². The lowest BCUT2D eigenvalue weighted by Gasteiger charge is -2.30. The molecule has 0 aromatic carbocycles. The number of aromatic nitrogens is 3. The molecule has 1 aliphatic carbocycles. The maximum atomic E-state index is 5.72. The van der Waals surface area contributed by atoms with Crippen LogP contribution in [0, 0.1) is 5.41 Å². The highest BCUT2D eigenvalue weighted by atomic mass is 35.5. The van der Waals surface area contributed by atoms with Gasteiger partial charge in [0.2, 0.25) is 10.6 Å². The largest absolute Gasteiger partial charge is 0.463 e. The molecule has 6 nitrogen and oxygen atoms in total. The summed E-state index contributed by atoms with van der Waals surface area (Å²) in [4.78, 5) is 13.9. The Morgan fingerprint density at radius 2 is 1.68 bits per heavy atom. The Hall–Kier alpha value is -0.690. The van der Waals surface area contributed by atoms with Gasteiger partial charge in [-0.2, -0.15) is 15.0 Å². The molecule has 1 saturated carbocycles. The number of nitrogens with zero attached hydrogens (tertiary/aromatic N) is 4.